The van der Waals surface area contributed by atoms with Crippen LogP contribution in [0.25, 0.3) is 10.2 Å². The molecular weight excluding hydrogens is 426 g/mol. The predicted molar refractivity (Wildman–Crippen MR) is 125 cm³/mol. The second-order valence-corrected chi connectivity index (χ2v) is 9.92. The van der Waals surface area contributed by atoms with Gasteiger partial charge in [0, 0.05) is 58.2 Å². The molecule has 9 heteroatoms. The maximum absolute atomic E-state index is 13.1. The van der Waals surface area contributed by atoms with Crippen molar-refractivity contribution in [2.45, 2.75) is 31.7 Å². The van der Waals surface area contributed by atoms with E-state index in [9.17, 15) is 14.4 Å². The first-order valence-corrected chi connectivity index (χ1v) is 12.1. The SMILES string of the molecule is CN1CCN(C(=O)[C@@H]2CCC[C@@H](NC(=O)c3nc4ccccc4s3)CN(C)C(=O)C2)CC1. The zero-order valence-electron chi connectivity index (χ0n) is 18.7. The van der Waals surface area contributed by atoms with Crippen LogP contribution in [0.15, 0.2) is 24.3 Å². The van der Waals surface area contributed by atoms with Crippen molar-refractivity contribution in [3.8, 4) is 0 Å². The maximum atomic E-state index is 13.1. The topological polar surface area (TPSA) is 85.8 Å². The van der Waals surface area contributed by atoms with Crippen LogP contribution in [0, 0.1) is 5.92 Å². The molecule has 4 rings (SSSR count). The number of nitrogens with one attached hydrogen (secondary N) is 1. The van der Waals surface area contributed by atoms with E-state index < -0.39 is 0 Å². The number of piperazine rings is 1. The highest BCUT2D eigenvalue weighted by Gasteiger charge is 2.31. The summed E-state index contributed by atoms with van der Waals surface area (Å²) in [5, 5.41) is 3.50. The van der Waals surface area contributed by atoms with E-state index in [1.54, 1.807) is 11.9 Å². The van der Waals surface area contributed by atoms with E-state index in [0.717, 1.165) is 49.2 Å². The van der Waals surface area contributed by atoms with Gasteiger partial charge < -0.3 is 20.0 Å². The molecule has 32 heavy (non-hydrogen) atoms. The number of fused-ring (bicyclic) bond motifs is 1. The van der Waals surface area contributed by atoms with Crippen molar-refractivity contribution in [2.75, 3.05) is 46.8 Å². The Balaban J connectivity index is 1.39. The summed E-state index contributed by atoms with van der Waals surface area (Å²) >= 11 is 1.37. The summed E-state index contributed by atoms with van der Waals surface area (Å²) in [4.78, 5) is 48.9. The number of likely N-dealkylation sites (N-methyl/N-ethyl adjacent to an activating group) is 2. The molecule has 2 fully saturated rings. The molecule has 2 aliphatic heterocycles. The van der Waals surface area contributed by atoms with Crippen LogP contribution >= 0.6 is 11.3 Å². The van der Waals surface area contributed by atoms with Gasteiger partial charge in [-0.1, -0.05) is 18.6 Å². The quantitative estimate of drug-likeness (QED) is 0.760. The molecule has 2 aromatic rings. The van der Waals surface area contributed by atoms with Gasteiger partial charge in [-0.15, -0.1) is 11.3 Å². The number of benzene rings is 1. The Bertz CT molecular complexity index is 952. The van der Waals surface area contributed by atoms with E-state index in [-0.39, 0.29) is 36.1 Å². The average molecular weight is 458 g/mol. The molecule has 0 unspecified atom stereocenters. The highest BCUT2D eigenvalue weighted by atomic mass is 32.1. The number of nitrogens with zero attached hydrogens (tertiary/aromatic N) is 4. The van der Waals surface area contributed by atoms with E-state index in [1.807, 2.05) is 29.2 Å². The van der Waals surface area contributed by atoms with Crippen molar-refractivity contribution < 1.29 is 14.4 Å². The number of carbonyl (C=O) groups excluding carboxylic acids is 3. The first kappa shape index (κ1) is 22.7. The fourth-order valence-electron chi connectivity index (χ4n) is 4.43. The average Bonchev–Trinajstić information content (AvgIpc) is 3.24. The van der Waals surface area contributed by atoms with Gasteiger partial charge >= 0.3 is 0 Å². The van der Waals surface area contributed by atoms with Gasteiger partial charge in [-0.3, -0.25) is 14.4 Å². The molecule has 0 saturated carbocycles. The molecule has 0 aliphatic carbocycles. The summed E-state index contributed by atoms with van der Waals surface area (Å²) in [5.41, 5.74) is 0.815. The molecule has 0 bridgehead atoms. The lowest BCUT2D eigenvalue weighted by Crippen LogP contribution is -2.49. The summed E-state index contributed by atoms with van der Waals surface area (Å²) < 4.78 is 0.977. The zero-order valence-corrected chi connectivity index (χ0v) is 19.6. The standard InChI is InChI=1S/C23H31N5O3S/c1-26-10-12-28(13-11-26)23(31)16-6-5-7-17(15-27(2)20(29)14-16)24-21(30)22-25-18-8-3-4-9-19(18)32-22/h3-4,8-9,16-17H,5-7,10-15H2,1-2H3,(H,24,30)/t16-,17-/m1/s1. The molecule has 2 saturated heterocycles. The Morgan fingerprint density at radius 3 is 2.59 bits per heavy atom. The fraction of sp³-hybridized carbons (Fsp3) is 0.565. The molecule has 3 amide bonds. The number of carbonyl (C=O) groups is 3. The van der Waals surface area contributed by atoms with Crippen molar-refractivity contribution in [3.05, 3.63) is 29.3 Å². The molecule has 8 nitrogen and oxygen atoms in total. The van der Waals surface area contributed by atoms with E-state index >= 15 is 0 Å². The second kappa shape index (κ2) is 9.95. The van der Waals surface area contributed by atoms with Gasteiger partial charge in [-0.25, -0.2) is 4.98 Å². The number of thiazole rings is 1. The smallest absolute Gasteiger partial charge is 0.280 e. The van der Waals surface area contributed by atoms with Crippen LogP contribution < -0.4 is 5.32 Å². The largest absolute Gasteiger partial charge is 0.345 e. The second-order valence-electron chi connectivity index (χ2n) is 8.89. The summed E-state index contributed by atoms with van der Waals surface area (Å²) in [6, 6.07) is 7.52. The third-order valence-electron chi connectivity index (χ3n) is 6.43. The molecule has 0 spiro atoms. The molecule has 1 aromatic carbocycles. The van der Waals surface area contributed by atoms with Crippen molar-refractivity contribution in [2.24, 2.45) is 5.92 Å². The Morgan fingerprint density at radius 1 is 1.09 bits per heavy atom. The maximum Gasteiger partial charge on any atom is 0.280 e. The van der Waals surface area contributed by atoms with Gasteiger partial charge in [-0.2, -0.15) is 0 Å². The highest BCUT2D eigenvalue weighted by molar-refractivity contribution is 7.20. The van der Waals surface area contributed by atoms with Crippen LogP contribution in [0.1, 0.15) is 35.5 Å². The summed E-state index contributed by atoms with van der Waals surface area (Å²) in [6.07, 6.45) is 2.41. The van der Waals surface area contributed by atoms with Crippen LogP contribution in [0.3, 0.4) is 0 Å². The number of rotatable bonds is 3. The van der Waals surface area contributed by atoms with Crippen LogP contribution in [0.4, 0.5) is 0 Å². The molecular formula is C23H31N5O3S. The van der Waals surface area contributed by atoms with E-state index in [4.69, 9.17) is 0 Å². The molecule has 1 aromatic heterocycles. The van der Waals surface area contributed by atoms with Crippen LogP contribution in [-0.2, 0) is 9.59 Å². The molecule has 1 N–H and O–H groups in total. The van der Waals surface area contributed by atoms with Gasteiger partial charge in [0.05, 0.1) is 10.2 Å². The zero-order chi connectivity index (χ0) is 22.7. The van der Waals surface area contributed by atoms with E-state index in [2.05, 4.69) is 22.2 Å². The monoisotopic (exact) mass is 457 g/mol. The lowest BCUT2D eigenvalue weighted by atomic mass is 9.95. The minimum Gasteiger partial charge on any atom is -0.345 e. The Morgan fingerprint density at radius 2 is 1.84 bits per heavy atom. The van der Waals surface area contributed by atoms with Crippen molar-refractivity contribution in [3.63, 3.8) is 0 Å². The minimum atomic E-state index is -0.285. The van der Waals surface area contributed by atoms with Gasteiger partial charge in [0.25, 0.3) is 5.91 Å². The number of amides is 3. The minimum absolute atomic E-state index is 0.0430. The Hall–Kier alpha value is -2.52. The van der Waals surface area contributed by atoms with Gasteiger partial charge in [0.1, 0.15) is 0 Å². The Labute approximate surface area is 192 Å². The van der Waals surface area contributed by atoms with Crippen LogP contribution in [-0.4, -0.2) is 90.3 Å². The third kappa shape index (κ3) is 5.27. The highest BCUT2D eigenvalue weighted by Crippen LogP contribution is 2.23. The summed E-state index contributed by atoms with van der Waals surface area (Å²) in [7, 11) is 3.81. The number of para-hydroxylation sites is 1. The number of aromatic nitrogens is 1. The Kier molecular flexibility index (Phi) is 7.05. The first-order valence-electron chi connectivity index (χ1n) is 11.3. The molecule has 0 radical (unpaired) electrons. The predicted octanol–water partition coefficient (Wildman–Crippen LogP) is 1.82. The fourth-order valence-corrected chi connectivity index (χ4v) is 5.30. The van der Waals surface area contributed by atoms with Crippen molar-refractivity contribution in [1.29, 1.82) is 0 Å². The normalized spacial score (nSPS) is 23.5. The lowest BCUT2D eigenvalue weighted by molar-refractivity contribution is -0.142. The summed E-state index contributed by atoms with van der Waals surface area (Å²) in [5.74, 6) is -0.441. The van der Waals surface area contributed by atoms with Gasteiger partial charge in [0.2, 0.25) is 11.8 Å². The van der Waals surface area contributed by atoms with Crippen LogP contribution in [0.5, 0.6) is 0 Å². The van der Waals surface area contributed by atoms with Gasteiger partial charge in [-0.05, 0) is 32.0 Å². The van der Waals surface area contributed by atoms with E-state index in [0.29, 0.717) is 18.0 Å². The molecule has 172 valence electrons. The molecule has 2 atom stereocenters. The number of hydrogen-bond acceptors (Lipinski definition) is 6. The molecule has 3 heterocycles. The van der Waals surface area contributed by atoms with Crippen molar-refractivity contribution >= 4 is 39.3 Å². The van der Waals surface area contributed by atoms with E-state index in [1.165, 1.54) is 11.3 Å². The molecule has 2 aliphatic rings. The number of hydrogen-bond donors (Lipinski definition) is 1. The van der Waals surface area contributed by atoms with Crippen LogP contribution in [0.2, 0.25) is 0 Å². The van der Waals surface area contributed by atoms with Crippen molar-refractivity contribution in [1.82, 2.24) is 25.0 Å². The van der Waals surface area contributed by atoms with Gasteiger partial charge in [0.15, 0.2) is 5.01 Å². The lowest BCUT2D eigenvalue weighted by Gasteiger charge is -2.34. The first-order chi connectivity index (χ1) is 15.4. The summed E-state index contributed by atoms with van der Waals surface area (Å²) in [6.45, 7) is 3.61. The third-order valence-corrected chi connectivity index (χ3v) is 7.47.